The largest absolute Gasteiger partial charge is 0.401 e. The summed E-state index contributed by atoms with van der Waals surface area (Å²) < 4.78 is 57.3. The lowest BCUT2D eigenvalue weighted by molar-refractivity contribution is -0.182. The van der Waals surface area contributed by atoms with Gasteiger partial charge in [-0.3, -0.25) is 44.2 Å². The van der Waals surface area contributed by atoms with Crippen molar-refractivity contribution in [1.29, 1.82) is 0 Å². The van der Waals surface area contributed by atoms with Gasteiger partial charge in [0.1, 0.15) is 23.1 Å². The van der Waals surface area contributed by atoms with Crippen molar-refractivity contribution in [2.45, 2.75) is 71.3 Å². The second-order valence-corrected chi connectivity index (χ2v) is 16.2. The Hall–Kier alpha value is -6.76. The van der Waals surface area contributed by atoms with E-state index < -0.39 is 58.8 Å². The summed E-state index contributed by atoms with van der Waals surface area (Å²) in [6, 6.07) is 13.4. The fraction of sp³-hybridized carbons (Fsp3) is 0.349. The van der Waals surface area contributed by atoms with Gasteiger partial charge >= 0.3 is 6.18 Å². The number of nitrogens with zero attached hydrogens (tertiary/aromatic N) is 7. The number of amides is 5. The van der Waals surface area contributed by atoms with E-state index in [1.165, 1.54) is 12.3 Å². The van der Waals surface area contributed by atoms with Crippen molar-refractivity contribution in [2.75, 3.05) is 31.1 Å². The number of aromatic nitrogens is 5. The van der Waals surface area contributed by atoms with Gasteiger partial charge in [0.25, 0.3) is 17.7 Å². The molecule has 5 aromatic rings. The number of rotatable bonds is 10. The van der Waals surface area contributed by atoms with Crippen molar-refractivity contribution in [3.05, 3.63) is 112 Å². The number of nitrogens with one attached hydrogen (secondary N) is 3. The normalized spacial score (nSPS) is 17.5. The molecule has 0 bridgehead atoms. The number of hydrogen-bond donors (Lipinski definition) is 3. The number of halogens is 4. The van der Waals surface area contributed by atoms with Gasteiger partial charge in [-0.15, -0.1) is 0 Å². The van der Waals surface area contributed by atoms with E-state index in [-0.39, 0.29) is 47.6 Å². The Bertz CT molecular complexity index is 2630. The van der Waals surface area contributed by atoms with Gasteiger partial charge in [0.15, 0.2) is 5.82 Å². The zero-order chi connectivity index (χ0) is 44.2. The molecular weight excluding hydrogens is 813 g/mol. The van der Waals surface area contributed by atoms with Crippen molar-refractivity contribution in [3.63, 3.8) is 0 Å². The highest BCUT2D eigenvalue weighted by atomic mass is 19.4. The number of carbonyl (C=O) groups is 5. The number of aromatic amines is 1. The third-order valence-electron chi connectivity index (χ3n) is 11.8. The lowest BCUT2D eigenvalue weighted by Crippen LogP contribution is -2.54. The first-order valence-electron chi connectivity index (χ1n) is 19.9. The second kappa shape index (κ2) is 15.9. The molecule has 0 radical (unpaired) electrons. The Morgan fingerprint density at radius 3 is 2.29 bits per heavy atom. The highest BCUT2D eigenvalue weighted by Crippen LogP contribution is 2.39. The van der Waals surface area contributed by atoms with Crippen LogP contribution in [0.2, 0.25) is 0 Å². The number of piperidine rings is 1. The van der Waals surface area contributed by atoms with Crippen molar-refractivity contribution < 1.29 is 41.5 Å². The number of anilines is 1. The fourth-order valence-corrected chi connectivity index (χ4v) is 8.05. The van der Waals surface area contributed by atoms with Gasteiger partial charge in [-0.25, -0.2) is 14.1 Å². The van der Waals surface area contributed by atoms with Crippen LogP contribution in [0.25, 0.3) is 16.8 Å². The molecule has 62 heavy (non-hydrogen) atoms. The lowest BCUT2D eigenvalue weighted by Gasteiger charge is -2.36. The highest BCUT2D eigenvalue weighted by Gasteiger charge is 2.51. The van der Waals surface area contributed by atoms with Crippen LogP contribution in [0.5, 0.6) is 0 Å². The Morgan fingerprint density at radius 2 is 1.61 bits per heavy atom. The number of imide groups is 2. The van der Waals surface area contributed by atoms with E-state index in [1.807, 2.05) is 43.0 Å². The van der Waals surface area contributed by atoms with E-state index in [2.05, 4.69) is 47.9 Å². The Balaban J connectivity index is 0.883. The minimum absolute atomic E-state index is 0.00937. The maximum Gasteiger partial charge on any atom is 0.401 e. The quantitative estimate of drug-likeness (QED) is 0.129. The number of H-pyrrole nitrogens is 1. The molecule has 0 aliphatic carbocycles. The molecule has 2 saturated heterocycles. The van der Waals surface area contributed by atoms with E-state index in [1.54, 1.807) is 10.9 Å². The van der Waals surface area contributed by atoms with Crippen LogP contribution in [0.4, 0.5) is 23.2 Å². The van der Waals surface area contributed by atoms with Crippen LogP contribution in [0.15, 0.2) is 60.9 Å². The minimum Gasteiger partial charge on any atom is -0.367 e. The van der Waals surface area contributed by atoms with E-state index >= 15 is 4.39 Å². The zero-order valence-corrected chi connectivity index (χ0v) is 34.2. The van der Waals surface area contributed by atoms with Crippen LogP contribution in [-0.4, -0.2) is 103 Å². The van der Waals surface area contributed by atoms with Gasteiger partial charge in [0.05, 0.1) is 40.8 Å². The van der Waals surface area contributed by atoms with E-state index in [4.69, 9.17) is 0 Å². The van der Waals surface area contributed by atoms with Crippen LogP contribution in [0, 0.1) is 19.7 Å². The Morgan fingerprint density at radius 1 is 0.919 bits per heavy atom. The van der Waals surface area contributed by atoms with Crippen molar-refractivity contribution in [1.82, 2.24) is 45.4 Å². The summed E-state index contributed by atoms with van der Waals surface area (Å²) in [5.41, 5.74) is 3.89. The summed E-state index contributed by atoms with van der Waals surface area (Å²) in [6.07, 6.45) is -1.56. The van der Waals surface area contributed by atoms with Crippen LogP contribution < -0.4 is 15.5 Å². The van der Waals surface area contributed by atoms with E-state index in [0.29, 0.717) is 32.7 Å². The first kappa shape index (κ1) is 42.0. The van der Waals surface area contributed by atoms with Crippen molar-refractivity contribution in [2.24, 2.45) is 0 Å². The summed E-state index contributed by atoms with van der Waals surface area (Å²) in [6.45, 7) is 8.60. The number of benzene rings is 3. The third-order valence-corrected chi connectivity index (χ3v) is 11.8. The monoisotopic (exact) mass is 854 g/mol. The van der Waals surface area contributed by atoms with Crippen LogP contribution in [0.1, 0.15) is 86.1 Å². The summed E-state index contributed by atoms with van der Waals surface area (Å²) in [5, 5.41) is 15.4. The predicted octanol–water partition coefficient (Wildman–Crippen LogP) is 4.91. The second-order valence-electron chi connectivity index (χ2n) is 16.2. The van der Waals surface area contributed by atoms with Crippen molar-refractivity contribution in [3.8, 4) is 16.8 Å². The summed E-state index contributed by atoms with van der Waals surface area (Å²) >= 11 is 0. The van der Waals surface area contributed by atoms with E-state index in [0.717, 1.165) is 58.3 Å². The molecule has 322 valence electrons. The zero-order valence-electron chi connectivity index (χ0n) is 34.2. The average molecular weight is 855 g/mol. The van der Waals surface area contributed by atoms with Crippen LogP contribution in [0.3, 0.4) is 0 Å². The van der Waals surface area contributed by atoms with Crippen LogP contribution in [-0.2, 0) is 28.1 Å². The highest BCUT2D eigenvalue weighted by molar-refractivity contribution is 6.23. The van der Waals surface area contributed by atoms with Crippen LogP contribution >= 0.6 is 0 Å². The maximum absolute atomic E-state index is 15.5. The average Bonchev–Trinajstić information content (AvgIpc) is 3.97. The number of fused-ring (bicyclic) bond motifs is 1. The van der Waals surface area contributed by atoms with Gasteiger partial charge in [0.2, 0.25) is 11.8 Å². The molecule has 2 aromatic heterocycles. The first-order chi connectivity index (χ1) is 29.4. The molecule has 0 spiro atoms. The first-order valence-corrected chi connectivity index (χ1v) is 19.9. The smallest absolute Gasteiger partial charge is 0.367 e. The molecule has 5 amide bonds. The third kappa shape index (κ3) is 7.71. The molecule has 3 aromatic carbocycles. The molecule has 1 atom stereocenters. The molecule has 0 saturated carbocycles. The molecule has 3 aliphatic rings. The molecule has 8 rings (SSSR count). The summed E-state index contributed by atoms with van der Waals surface area (Å²) in [5.74, 6) is -4.11. The fourth-order valence-electron chi connectivity index (χ4n) is 8.05. The number of hydrogen-bond acceptors (Lipinski definition) is 10. The standard InChI is InChI=1S/C43H42F4N10O5/c1-23-5-10-31(56-22-27(19-49-56)37(59)48-20-34-50-41(53-52-34)42(3,4)43(45,46)47)24(2)36(23)26-8-6-25(7-9-26)21-54-13-15-55(16-14-54)33-18-29-28(17-30(33)44)39(61)57(40(29)62)32-11-12-35(58)51-38(32)60/h5-10,17-19,22,32H,11-16,20-21H2,1-4H3,(H,48,59)(H,50,52,53)(H,51,58,60). The Kier molecular flexibility index (Phi) is 10.8. The predicted molar refractivity (Wildman–Crippen MR) is 216 cm³/mol. The summed E-state index contributed by atoms with van der Waals surface area (Å²) in [4.78, 5) is 72.4. The minimum atomic E-state index is -4.55. The SMILES string of the molecule is Cc1ccc(-n2cc(C(=O)NCc3nc(C(C)(C)C(F)(F)F)n[nH]3)cn2)c(C)c1-c1ccc(CN2CCN(c3cc4c(cc3F)C(=O)N(C3CCC(=O)NC3=O)C4=O)CC2)cc1. The van der Waals surface area contributed by atoms with Gasteiger partial charge in [-0.05, 0) is 80.1 Å². The molecular formula is C43H42F4N10O5. The van der Waals surface area contributed by atoms with Gasteiger partial charge < -0.3 is 10.2 Å². The number of alkyl halides is 3. The topological polar surface area (TPSA) is 179 Å². The molecule has 15 nitrogen and oxygen atoms in total. The van der Waals surface area contributed by atoms with Gasteiger partial charge in [-0.1, -0.05) is 30.3 Å². The lowest BCUT2D eigenvalue weighted by atomic mass is 9.92. The van der Waals surface area contributed by atoms with Gasteiger partial charge in [0, 0.05) is 45.3 Å². The van der Waals surface area contributed by atoms with Gasteiger partial charge in [-0.2, -0.15) is 23.4 Å². The number of piperazine rings is 1. The Labute approximate surface area is 352 Å². The van der Waals surface area contributed by atoms with Crippen molar-refractivity contribution >= 4 is 35.2 Å². The molecule has 2 fully saturated rings. The molecule has 5 heterocycles. The molecule has 3 aliphatic heterocycles. The molecule has 3 N–H and O–H groups in total. The maximum atomic E-state index is 15.5. The molecule has 19 heteroatoms. The number of aryl methyl sites for hydroxylation is 1. The van der Waals surface area contributed by atoms with E-state index in [9.17, 15) is 37.1 Å². The number of carbonyl (C=O) groups excluding carboxylic acids is 5. The summed E-state index contributed by atoms with van der Waals surface area (Å²) in [7, 11) is 0. The molecule has 1 unspecified atom stereocenters.